The van der Waals surface area contributed by atoms with Crippen LogP contribution in [0.1, 0.15) is 37.2 Å². The van der Waals surface area contributed by atoms with Crippen LogP contribution < -0.4 is 5.73 Å². The van der Waals surface area contributed by atoms with Crippen LogP contribution in [-0.2, 0) is 0 Å². The SMILES string of the molecule is CCCC(N)c1noc(-c2cccc(C)c2)n1. The molecule has 0 aliphatic rings. The molecule has 2 rings (SSSR count). The lowest BCUT2D eigenvalue weighted by Gasteiger charge is -2.02. The number of nitrogens with zero attached hydrogens (tertiary/aromatic N) is 2. The smallest absolute Gasteiger partial charge is 0.257 e. The van der Waals surface area contributed by atoms with E-state index in [1.165, 1.54) is 5.56 Å². The third-order valence-electron chi connectivity index (χ3n) is 2.64. The fraction of sp³-hybridized carbons (Fsp3) is 0.385. The lowest BCUT2D eigenvalue weighted by atomic mass is 10.1. The van der Waals surface area contributed by atoms with Crippen molar-refractivity contribution in [2.45, 2.75) is 32.7 Å². The minimum absolute atomic E-state index is 0.137. The second kappa shape index (κ2) is 5.10. The molecular formula is C13H17N3O. The molecule has 17 heavy (non-hydrogen) atoms. The Morgan fingerprint density at radius 3 is 2.94 bits per heavy atom. The number of benzene rings is 1. The molecule has 2 aromatic rings. The highest BCUT2D eigenvalue weighted by atomic mass is 16.5. The number of aromatic nitrogens is 2. The first-order valence-electron chi connectivity index (χ1n) is 5.87. The summed E-state index contributed by atoms with van der Waals surface area (Å²) in [5.74, 6) is 1.12. The molecule has 2 N–H and O–H groups in total. The van der Waals surface area contributed by atoms with Crippen molar-refractivity contribution in [3.05, 3.63) is 35.7 Å². The zero-order chi connectivity index (χ0) is 12.3. The van der Waals surface area contributed by atoms with Crippen molar-refractivity contribution in [1.29, 1.82) is 0 Å². The van der Waals surface area contributed by atoms with Gasteiger partial charge in [-0.05, 0) is 25.5 Å². The van der Waals surface area contributed by atoms with Crippen molar-refractivity contribution in [3.8, 4) is 11.5 Å². The van der Waals surface area contributed by atoms with Gasteiger partial charge in [-0.1, -0.05) is 36.2 Å². The van der Waals surface area contributed by atoms with E-state index in [2.05, 4.69) is 17.1 Å². The van der Waals surface area contributed by atoms with Crippen LogP contribution >= 0.6 is 0 Å². The lowest BCUT2D eigenvalue weighted by molar-refractivity contribution is 0.413. The van der Waals surface area contributed by atoms with E-state index in [-0.39, 0.29) is 6.04 Å². The monoisotopic (exact) mass is 231 g/mol. The van der Waals surface area contributed by atoms with Crippen molar-refractivity contribution in [2.75, 3.05) is 0 Å². The highest BCUT2D eigenvalue weighted by Crippen LogP contribution is 2.20. The number of nitrogens with two attached hydrogens (primary N) is 1. The van der Waals surface area contributed by atoms with Crippen molar-refractivity contribution in [1.82, 2.24) is 10.1 Å². The van der Waals surface area contributed by atoms with Crippen LogP contribution in [0.15, 0.2) is 28.8 Å². The molecule has 4 nitrogen and oxygen atoms in total. The molecule has 0 saturated carbocycles. The number of aryl methyl sites for hydroxylation is 1. The molecule has 0 saturated heterocycles. The Morgan fingerprint density at radius 2 is 2.24 bits per heavy atom. The molecule has 1 aromatic heterocycles. The number of hydrogen-bond acceptors (Lipinski definition) is 4. The Labute approximate surface area is 101 Å². The van der Waals surface area contributed by atoms with E-state index in [0.717, 1.165) is 18.4 Å². The van der Waals surface area contributed by atoms with Crippen LogP contribution in [0.25, 0.3) is 11.5 Å². The Bertz CT molecular complexity index is 493. The van der Waals surface area contributed by atoms with Crippen molar-refractivity contribution >= 4 is 0 Å². The van der Waals surface area contributed by atoms with Crippen molar-refractivity contribution in [2.24, 2.45) is 5.73 Å². The van der Waals surface area contributed by atoms with Gasteiger partial charge in [0.05, 0.1) is 6.04 Å². The van der Waals surface area contributed by atoms with Gasteiger partial charge in [-0.2, -0.15) is 4.98 Å². The van der Waals surface area contributed by atoms with Crippen LogP contribution in [0.4, 0.5) is 0 Å². The fourth-order valence-corrected chi connectivity index (χ4v) is 1.72. The van der Waals surface area contributed by atoms with Gasteiger partial charge in [-0.25, -0.2) is 0 Å². The van der Waals surface area contributed by atoms with E-state index < -0.39 is 0 Å². The highest BCUT2D eigenvalue weighted by molar-refractivity contribution is 5.53. The summed E-state index contributed by atoms with van der Waals surface area (Å²) in [5, 5.41) is 3.93. The summed E-state index contributed by atoms with van der Waals surface area (Å²) in [4.78, 5) is 4.34. The molecule has 0 aliphatic carbocycles. The zero-order valence-electron chi connectivity index (χ0n) is 10.2. The van der Waals surface area contributed by atoms with Crippen LogP contribution in [0.3, 0.4) is 0 Å². The molecule has 90 valence electrons. The highest BCUT2D eigenvalue weighted by Gasteiger charge is 2.14. The van der Waals surface area contributed by atoms with Gasteiger partial charge in [-0.15, -0.1) is 0 Å². The molecule has 0 fully saturated rings. The first kappa shape index (κ1) is 11.8. The van der Waals surface area contributed by atoms with E-state index in [1.807, 2.05) is 31.2 Å². The van der Waals surface area contributed by atoms with E-state index in [4.69, 9.17) is 10.3 Å². The normalized spacial score (nSPS) is 12.6. The zero-order valence-corrected chi connectivity index (χ0v) is 10.2. The summed E-state index contributed by atoms with van der Waals surface area (Å²) in [5.41, 5.74) is 8.05. The fourth-order valence-electron chi connectivity index (χ4n) is 1.72. The quantitative estimate of drug-likeness (QED) is 0.878. The Kier molecular flexibility index (Phi) is 3.54. The van der Waals surface area contributed by atoms with Gasteiger partial charge in [-0.3, -0.25) is 0 Å². The van der Waals surface area contributed by atoms with E-state index in [9.17, 15) is 0 Å². The number of rotatable bonds is 4. The van der Waals surface area contributed by atoms with Crippen molar-refractivity contribution in [3.63, 3.8) is 0 Å². The van der Waals surface area contributed by atoms with E-state index in [0.29, 0.717) is 11.7 Å². The minimum atomic E-state index is -0.137. The summed E-state index contributed by atoms with van der Waals surface area (Å²) in [6, 6.07) is 7.84. The van der Waals surface area contributed by atoms with Gasteiger partial charge in [0.15, 0.2) is 5.82 Å². The predicted molar refractivity (Wildman–Crippen MR) is 66.3 cm³/mol. The average molecular weight is 231 g/mol. The van der Waals surface area contributed by atoms with Crippen LogP contribution in [-0.4, -0.2) is 10.1 Å². The molecule has 0 aliphatic heterocycles. The molecule has 0 bridgehead atoms. The minimum Gasteiger partial charge on any atom is -0.334 e. The Balaban J connectivity index is 2.23. The first-order valence-corrected chi connectivity index (χ1v) is 5.87. The average Bonchev–Trinajstić information content (AvgIpc) is 2.78. The molecule has 1 aromatic carbocycles. The number of hydrogen-bond donors (Lipinski definition) is 1. The molecular weight excluding hydrogens is 214 g/mol. The summed E-state index contributed by atoms with van der Waals surface area (Å²) >= 11 is 0. The van der Waals surface area contributed by atoms with Crippen molar-refractivity contribution < 1.29 is 4.52 Å². The molecule has 1 atom stereocenters. The third kappa shape index (κ3) is 2.71. The first-order chi connectivity index (χ1) is 8.20. The lowest BCUT2D eigenvalue weighted by Crippen LogP contribution is -2.11. The third-order valence-corrected chi connectivity index (χ3v) is 2.64. The van der Waals surface area contributed by atoms with Gasteiger partial charge in [0, 0.05) is 5.56 Å². The maximum atomic E-state index is 5.94. The molecule has 4 heteroatoms. The molecule has 1 unspecified atom stereocenters. The molecule has 0 amide bonds. The topological polar surface area (TPSA) is 64.9 Å². The molecule has 1 heterocycles. The summed E-state index contributed by atoms with van der Waals surface area (Å²) in [6.45, 7) is 4.12. The second-order valence-electron chi connectivity index (χ2n) is 4.22. The van der Waals surface area contributed by atoms with Crippen LogP contribution in [0.2, 0.25) is 0 Å². The van der Waals surface area contributed by atoms with Gasteiger partial charge < -0.3 is 10.3 Å². The largest absolute Gasteiger partial charge is 0.334 e. The van der Waals surface area contributed by atoms with E-state index >= 15 is 0 Å². The summed E-state index contributed by atoms with van der Waals surface area (Å²) in [6.07, 6.45) is 1.88. The predicted octanol–water partition coefficient (Wildman–Crippen LogP) is 2.84. The Hall–Kier alpha value is -1.68. The maximum Gasteiger partial charge on any atom is 0.257 e. The maximum absolute atomic E-state index is 5.94. The van der Waals surface area contributed by atoms with Gasteiger partial charge in [0.2, 0.25) is 0 Å². The van der Waals surface area contributed by atoms with Gasteiger partial charge >= 0.3 is 0 Å². The summed E-state index contributed by atoms with van der Waals surface area (Å²) in [7, 11) is 0. The standard InChI is InChI=1S/C13H17N3O/c1-3-5-11(14)12-15-13(17-16-12)10-7-4-6-9(2)8-10/h4,6-8,11H,3,5,14H2,1-2H3. The summed E-state index contributed by atoms with van der Waals surface area (Å²) < 4.78 is 5.23. The van der Waals surface area contributed by atoms with E-state index in [1.54, 1.807) is 0 Å². The van der Waals surface area contributed by atoms with Crippen LogP contribution in [0.5, 0.6) is 0 Å². The van der Waals surface area contributed by atoms with Crippen LogP contribution in [0, 0.1) is 6.92 Å². The Morgan fingerprint density at radius 1 is 1.41 bits per heavy atom. The van der Waals surface area contributed by atoms with Gasteiger partial charge in [0.25, 0.3) is 5.89 Å². The molecule has 0 spiro atoms. The second-order valence-corrected chi connectivity index (χ2v) is 4.22. The molecule has 0 radical (unpaired) electrons. The van der Waals surface area contributed by atoms with Gasteiger partial charge in [0.1, 0.15) is 0 Å².